The highest BCUT2D eigenvalue weighted by atomic mass is 16.5. The van der Waals surface area contributed by atoms with Crippen LogP contribution >= 0.6 is 0 Å². The molecule has 1 aromatic heterocycles. The van der Waals surface area contributed by atoms with E-state index in [2.05, 4.69) is 10.2 Å². The number of nitrogens with zero attached hydrogens (tertiary/aromatic N) is 2. The monoisotopic (exact) mass is 272 g/mol. The molecule has 0 spiro atoms. The molecule has 0 saturated carbocycles. The molecule has 0 amide bonds. The average molecular weight is 272 g/mol. The van der Waals surface area contributed by atoms with Crippen molar-refractivity contribution in [3.63, 3.8) is 0 Å². The highest BCUT2D eigenvalue weighted by Crippen LogP contribution is 2.38. The molecule has 0 atom stereocenters. The van der Waals surface area contributed by atoms with E-state index in [1.54, 1.807) is 27.5 Å². The summed E-state index contributed by atoms with van der Waals surface area (Å²) >= 11 is 0. The predicted molar refractivity (Wildman–Crippen MR) is 77.1 cm³/mol. The van der Waals surface area contributed by atoms with Crippen LogP contribution in [0, 0.1) is 0 Å². The molecule has 104 valence electrons. The van der Waals surface area contributed by atoms with Gasteiger partial charge in [0.15, 0.2) is 11.5 Å². The second-order valence-corrected chi connectivity index (χ2v) is 3.94. The lowest BCUT2D eigenvalue weighted by atomic mass is 10.1. The second-order valence-electron chi connectivity index (χ2n) is 3.94. The first-order valence-corrected chi connectivity index (χ1v) is 6.04. The highest BCUT2D eigenvalue weighted by Gasteiger charge is 2.11. The Bertz CT molecular complexity index is 572. The smallest absolute Gasteiger partial charge is 0.203 e. The summed E-state index contributed by atoms with van der Waals surface area (Å²) in [5.74, 6) is 1.81. The van der Waals surface area contributed by atoms with Crippen LogP contribution in [0.15, 0.2) is 30.5 Å². The molecule has 2 rings (SSSR count). The van der Waals surface area contributed by atoms with Crippen molar-refractivity contribution in [3.05, 3.63) is 41.7 Å². The molecule has 0 unspecified atom stereocenters. The van der Waals surface area contributed by atoms with Crippen LogP contribution in [0.2, 0.25) is 0 Å². The Labute approximate surface area is 117 Å². The number of aromatic nitrogens is 2. The Kier molecular flexibility index (Phi) is 4.55. The van der Waals surface area contributed by atoms with Gasteiger partial charge < -0.3 is 14.2 Å². The Morgan fingerprint density at radius 1 is 0.950 bits per heavy atom. The summed E-state index contributed by atoms with van der Waals surface area (Å²) < 4.78 is 15.9. The minimum absolute atomic E-state index is 0.576. The van der Waals surface area contributed by atoms with Crippen LogP contribution in [-0.2, 0) is 0 Å². The maximum Gasteiger partial charge on any atom is 0.203 e. The molecule has 0 radical (unpaired) electrons. The maximum absolute atomic E-state index is 5.30. The van der Waals surface area contributed by atoms with Crippen molar-refractivity contribution in [1.29, 1.82) is 0 Å². The van der Waals surface area contributed by atoms with Crippen molar-refractivity contribution in [2.45, 2.75) is 0 Å². The van der Waals surface area contributed by atoms with Gasteiger partial charge in [0.05, 0.1) is 27.0 Å². The zero-order valence-corrected chi connectivity index (χ0v) is 11.7. The van der Waals surface area contributed by atoms with E-state index in [0.29, 0.717) is 17.2 Å². The molecule has 0 bridgehead atoms. The Morgan fingerprint density at radius 3 is 2.15 bits per heavy atom. The van der Waals surface area contributed by atoms with E-state index < -0.39 is 0 Å². The van der Waals surface area contributed by atoms with Gasteiger partial charge in [-0.1, -0.05) is 6.08 Å². The van der Waals surface area contributed by atoms with Crippen LogP contribution in [0.1, 0.15) is 11.3 Å². The molecule has 5 heteroatoms. The fourth-order valence-corrected chi connectivity index (χ4v) is 1.78. The second kappa shape index (κ2) is 6.56. The van der Waals surface area contributed by atoms with E-state index in [1.165, 1.54) is 0 Å². The lowest BCUT2D eigenvalue weighted by Crippen LogP contribution is -1.95. The summed E-state index contributed by atoms with van der Waals surface area (Å²) in [5.41, 5.74) is 1.70. The quantitative estimate of drug-likeness (QED) is 0.837. The van der Waals surface area contributed by atoms with Crippen molar-refractivity contribution in [2.24, 2.45) is 0 Å². The summed E-state index contributed by atoms with van der Waals surface area (Å²) in [6.45, 7) is 0. The van der Waals surface area contributed by atoms with Crippen LogP contribution in [0.3, 0.4) is 0 Å². The SMILES string of the molecule is COc1cc(C=Cc2cccnn2)cc(OC)c1OC. The van der Waals surface area contributed by atoms with Gasteiger partial charge >= 0.3 is 0 Å². The molecule has 1 heterocycles. The molecule has 0 aliphatic carbocycles. The highest BCUT2D eigenvalue weighted by molar-refractivity contribution is 5.71. The molecule has 0 saturated heterocycles. The van der Waals surface area contributed by atoms with Gasteiger partial charge in [0, 0.05) is 6.20 Å². The number of methoxy groups -OCH3 is 3. The molecule has 1 aromatic carbocycles. The number of hydrogen-bond donors (Lipinski definition) is 0. The molecule has 20 heavy (non-hydrogen) atoms. The summed E-state index contributed by atoms with van der Waals surface area (Å²) in [4.78, 5) is 0. The number of rotatable bonds is 5. The maximum atomic E-state index is 5.30. The third kappa shape index (κ3) is 3.06. The van der Waals surface area contributed by atoms with Gasteiger partial charge in [0.25, 0.3) is 0 Å². The van der Waals surface area contributed by atoms with Crippen molar-refractivity contribution in [1.82, 2.24) is 10.2 Å². The average Bonchev–Trinajstić information content (AvgIpc) is 2.52. The zero-order valence-electron chi connectivity index (χ0n) is 11.7. The minimum atomic E-state index is 0.576. The summed E-state index contributed by atoms with van der Waals surface area (Å²) in [6.07, 6.45) is 5.42. The van der Waals surface area contributed by atoms with Gasteiger partial charge in [-0.05, 0) is 35.9 Å². The molecular weight excluding hydrogens is 256 g/mol. The topological polar surface area (TPSA) is 53.5 Å². The Morgan fingerprint density at radius 2 is 1.65 bits per heavy atom. The van der Waals surface area contributed by atoms with Gasteiger partial charge in [0.1, 0.15) is 0 Å². The van der Waals surface area contributed by atoms with Crippen molar-refractivity contribution in [3.8, 4) is 17.2 Å². The van der Waals surface area contributed by atoms with Crippen molar-refractivity contribution >= 4 is 12.2 Å². The number of ether oxygens (including phenoxy) is 3. The van der Waals surface area contributed by atoms with Crippen LogP contribution in [0.5, 0.6) is 17.2 Å². The third-order valence-corrected chi connectivity index (χ3v) is 2.73. The van der Waals surface area contributed by atoms with Crippen LogP contribution in [-0.4, -0.2) is 31.5 Å². The van der Waals surface area contributed by atoms with Gasteiger partial charge in [0.2, 0.25) is 5.75 Å². The van der Waals surface area contributed by atoms with E-state index in [1.807, 2.05) is 36.4 Å². The van der Waals surface area contributed by atoms with Crippen LogP contribution in [0.4, 0.5) is 0 Å². The van der Waals surface area contributed by atoms with Crippen LogP contribution < -0.4 is 14.2 Å². The first-order valence-electron chi connectivity index (χ1n) is 6.04. The fraction of sp³-hybridized carbons (Fsp3) is 0.200. The summed E-state index contributed by atoms with van der Waals surface area (Å²) in [6, 6.07) is 7.45. The largest absolute Gasteiger partial charge is 0.493 e. The Balaban J connectivity index is 2.35. The molecule has 2 aromatic rings. The zero-order chi connectivity index (χ0) is 14.4. The third-order valence-electron chi connectivity index (χ3n) is 2.73. The van der Waals surface area contributed by atoms with Crippen molar-refractivity contribution in [2.75, 3.05) is 21.3 Å². The number of hydrogen-bond acceptors (Lipinski definition) is 5. The molecule has 5 nitrogen and oxygen atoms in total. The lowest BCUT2D eigenvalue weighted by Gasteiger charge is -2.12. The fourth-order valence-electron chi connectivity index (χ4n) is 1.78. The standard InChI is InChI=1S/C15H16N2O3/c1-18-13-9-11(10-14(19-2)15(13)20-3)6-7-12-5-4-8-16-17-12/h4-10H,1-3H3. The first kappa shape index (κ1) is 13.9. The summed E-state index contributed by atoms with van der Waals surface area (Å²) in [5, 5.41) is 7.81. The number of benzene rings is 1. The Hall–Kier alpha value is -2.56. The normalized spacial score (nSPS) is 10.6. The molecular formula is C15H16N2O3. The first-order chi connectivity index (χ1) is 9.78. The van der Waals surface area contributed by atoms with Crippen LogP contribution in [0.25, 0.3) is 12.2 Å². The molecule has 0 N–H and O–H groups in total. The van der Waals surface area contributed by atoms with E-state index in [4.69, 9.17) is 14.2 Å². The van der Waals surface area contributed by atoms with Crippen molar-refractivity contribution < 1.29 is 14.2 Å². The molecule has 0 aliphatic heterocycles. The van der Waals surface area contributed by atoms with E-state index in [-0.39, 0.29) is 0 Å². The molecule has 0 aliphatic rings. The van der Waals surface area contributed by atoms with Gasteiger partial charge in [-0.2, -0.15) is 10.2 Å². The van der Waals surface area contributed by atoms with Gasteiger partial charge in [-0.3, -0.25) is 0 Å². The van der Waals surface area contributed by atoms with E-state index in [9.17, 15) is 0 Å². The van der Waals surface area contributed by atoms with Gasteiger partial charge in [-0.25, -0.2) is 0 Å². The van der Waals surface area contributed by atoms with E-state index in [0.717, 1.165) is 11.3 Å². The lowest BCUT2D eigenvalue weighted by molar-refractivity contribution is 0.324. The van der Waals surface area contributed by atoms with E-state index >= 15 is 0 Å². The summed E-state index contributed by atoms with van der Waals surface area (Å²) in [7, 11) is 4.76. The molecule has 0 fully saturated rings. The predicted octanol–water partition coefficient (Wildman–Crippen LogP) is 2.67. The minimum Gasteiger partial charge on any atom is -0.493 e. The van der Waals surface area contributed by atoms with Gasteiger partial charge in [-0.15, -0.1) is 0 Å².